The van der Waals surface area contributed by atoms with E-state index in [1.165, 1.54) is 16.9 Å². The van der Waals surface area contributed by atoms with Crippen LogP contribution in [0.1, 0.15) is 13.8 Å². The van der Waals surface area contributed by atoms with Gasteiger partial charge >= 0.3 is 0 Å². The van der Waals surface area contributed by atoms with Crippen LogP contribution >= 0.6 is 70.6 Å². The maximum Gasteiger partial charge on any atom is 0.0717 e. The molecule has 0 aromatic carbocycles. The fourth-order valence-electron chi connectivity index (χ4n) is 1.10. The first-order valence-electron chi connectivity index (χ1n) is 4.93. The molecule has 2 aliphatic heterocycles. The highest BCUT2D eigenvalue weighted by atomic mass is 32.3. The quantitative estimate of drug-likeness (QED) is 0.601. The van der Waals surface area contributed by atoms with Crippen molar-refractivity contribution in [1.82, 2.24) is 0 Å². The van der Waals surface area contributed by atoms with Gasteiger partial charge < -0.3 is 0 Å². The van der Waals surface area contributed by atoms with E-state index in [9.17, 15) is 0 Å². The highest BCUT2D eigenvalue weighted by molar-refractivity contribution is 8.42. The Morgan fingerprint density at radius 3 is 1.81 bits per heavy atom. The fourth-order valence-corrected chi connectivity index (χ4v) is 8.91. The molecule has 16 heavy (non-hydrogen) atoms. The van der Waals surface area contributed by atoms with Gasteiger partial charge in [-0.1, -0.05) is 60.9 Å². The van der Waals surface area contributed by atoms with Crippen molar-refractivity contribution >= 4 is 70.6 Å². The minimum Gasteiger partial charge on any atom is -0.118 e. The molecular weight excluding hydrogens is 313 g/mol. The Morgan fingerprint density at radius 1 is 0.875 bits per heavy atom. The van der Waals surface area contributed by atoms with E-state index in [-0.39, 0.29) is 0 Å². The van der Waals surface area contributed by atoms with E-state index in [4.69, 9.17) is 0 Å². The molecule has 0 amide bonds. The molecule has 6 heteroatoms. The third kappa shape index (κ3) is 3.42. The Balaban J connectivity index is 2.08. The average Bonchev–Trinajstić information content (AvgIpc) is 2.89. The average molecular weight is 325 g/mol. The molecule has 0 aromatic heterocycles. The van der Waals surface area contributed by atoms with Gasteiger partial charge in [0, 0.05) is 0 Å². The van der Waals surface area contributed by atoms with Crippen LogP contribution in [0.5, 0.6) is 0 Å². The molecule has 0 aliphatic carbocycles. The van der Waals surface area contributed by atoms with Gasteiger partial charge in [-0.25, -0.2) is 0 Å². The zero-order valence-electron chi connectivity index (χ0n) is 9.02. The van der Waals surface area contributed by atoms with E-state index in [2.05, 4.69) is 24.7 Å². The van der Waals surface area contributed by atoms with Crippen LogP contribution in [-0.4, -0.2) is 11.5 Å². The molecule has 0 N–H and O–H groups in total. The van der Waals surface area contributed by atoms with Crippen LogP contribution in [0.3, 0.4) is 0 Å². The lowest BCUT2D eigenvalue weighted by molar-refractivity contribution is 1.53. The van der Waals surface area contributed by atoms with Gasteiger partial charge in [0.25, 0.3) is 0 Å². The van der Waals surface area contributed by atoms with E-state index < -0.39 is 0 Å². The SMILES string of the molecule is CCSC1=C(SCC)SC(=C2SC=CS2)S1. The molecule has 88 valence electrons. The lowest BCUT2D eigenvalue weighted by atomic mass is 11.0. The van der Waals surface area contributed by atoms with Gasteiger partial charge in [0.1, 0.15) is 0 Å². The molecule has 0 fully saturated rings. The number of hydrogen-bond acceptors (Lipinski definition) is 6. The van der Waals surface area contributed by atoms with Crippen molar-refractivity contribution in [3.05, 3.63) is 27.8 Å². The first-order chi connectivity index (χ1) is 7.85. The molecule has 2 heterocycles. The summed E-state index contributed by atoms with van der Waals surface area (Å²) >= 11 is 11.6. The second kappa shape index (κ2) is 7.04. The van der Waals surface area contributed by atoms with Crippen LogP contribution in [0.15, 0.2) is 27.8 Å². The van der Waals surface area contributed by atoms with E-state index in [0.29, 0.717) is 0 Å². The predicted molar refractivity (Wildman–Crippen MR) is 89.8 cm³/mol. The van der Waals surface area contributed by atoms with Gasteiger partial charge in [-0.05, 0) is 22.3 Å². The highest BCUT2D eigenvalue weighted by Gasteiger charge is 2.25. The lowest BCUT2D eigenvalue weighted by Crippen LogP contribution is -1.72. The molecule has 0 bridgehead atoms. The van der Waals surface area contributed by atoms with Crippen molar-refractivity contribution in [2.45, 2.75) is 13.8 Å². The van der Waals surface area contributed by atoms with Crippen molar-refractivity contribution in [3.63, 3.8) is 0 Å². The van der Waals surface area contributed by atoms with Crippen molar-refractivity contribution in [2.24, 2.45) is 0 Å². The largest absolute Gasteiger partial charge is 0.118 e. The molecular formula is C10H12S6. The normalized spacial score (nSPS) is 20.4. The third-order valence-corrected chi connectivity index (χ3v) is 9.60. The molecule has 0 spiro atoms. The molecule has 0 radical (unpaired) electrons. The third-order valence-electron chi connectivity index (χ3n) is 1.66. The second-order valence-corrected chi connectivity index (χ2v) is 10.2. The summed E-state index contributed by atoms with van der Waals surface area (Å²) in [6, 6.07) is 0. The maximum absolute atomic E-state index is 2.23. The topological polar surface area (TPSA) is 0 Å². The summed E-state index contributed by atoms with van der Waals surface area (Å²) in [5, 5.41) is 4.34. The summed E-state index contributed by atoms with van der Waals surface area (Å²) < 4.78 is 5.95. The Bertz CT molecular complexity index is 324. The van der Waals surface area contributed by atoms with Gasteiger partial charge in [-0.15, -0.1) is 23.5 Å². The highest BCUT2D eigenvalue weighted by Crippen LogP contribution is 2.61. The van der Waals surface area contributed by atoms with E-state index in [0.717, 1.165) is 11.5 Å². The molecule has 0 saturated carbocycles. The van der Waals surface area contributed by atoms with Gasteiger partial charge in [0.05, 0.1) is 16.9 Å². The van der Waals surface area contributed by atoms with E-state index in [1.807, 2.05) is 70.6 Å². The van der Waals surface area contributed by atoms with Crippen LogP contribution in [0.2, 0.25) is 0 Å². The molecule has 2 rings (SSSR count). The smallest absolute Gasteiger partial charge is 0.0717 e. The monoisotopic (exact) mass is 324 g/mol. The van der Waals surface area contributed by atoms with Crippen molar-refractivity contribution < 1.29 is 0 Å². The number of thioether (sulfide) groups is 6. The summed E-state index contributed by atoms with van der Waals surface area (Å²) in [5.41, 5.74) is 0. The van der Waals surface area contributed by atoms with Gasteiger partial charge in [-0.3, -0.25) is 0 Å². The van der Waals surface area contributed by atoms with Gasteiger partial charge in [0.15, 0.2) is 0 Å². The fraction of sp³-hybridized carbons (Fsp3) is 0.400. The number of rotatable bonds is 4. The molecule has 2 aliphatic rings. The first-order valence-corrected chi connectivity index (χ1v) is 10.3. The maximum atomic E-state index is 2.23. The summed E-state index contributed by atoms with van der Waals surface area (Å²) in [6.45, 7) is 4.45. The lowest BCUT2D eigenvalue weighted by Gasteiger charge is -2.00. The van der Waals surface area contributed by atoms with E-state index >= 15 is 0 Å². The first kappa shape index (κ1) is 13.7. The van der Waals surface area contributed by atoms with Gasteiger partial charge in [0.2, 0.25) is 0 Å². The van der Waals surface area contributed by atoms with Crippen LogP contribution in [0.25, 0.3) is 0 Å². The zero-order chi connectivity index (χ0) is 11.4. The Morgan fingerprint density at radius 2 is 1.38 bits per heavy atom. The van der Waals surface area contributed by atoms with Crippen LogP contribution in [0, 0.1) is 0 Å². The van der Waals surface area contributed by atoms with Crippen LogP contribution in [0.4, 0.5) is 0 Å². The standard InChI is InChI=1S/C10H12S6/c1-3-11-8-9(12-4-2)16-10(15-8)7-13-5-6-14-7/h5-6H,3-4H2,1-2H3. The Kier molecular flexibility index (Phi) is 6.05. The van der Waals surface area contributed by atoms with Gasteiger partial charge in [-0.2, -0.15) is 0 Å². The molecule has 0 unspecified atom stereocenters. The molecule has 0 atom stereocenters. The summed E-state index contributed by atoms with van der Waals surface area (Å²) in [4.78, 5) is 0. The minimum atomic E-state index is 1.16. The number of hydrogen-bond donors (Lipinski definition) is 0. The van der Waals surface area contributed by atoms with Crippen molar-refractivity contribution in [2.75, 3.05) is 11.5 Å². The summed E-state index contributed by atoms with van der Waals surface area (Å²) in [7, 11) is 0. The Hall–Kier alpha value is 1.32. The van der Waals surface area contributed by atoms with Crippen molar-refractivity contribution in [1.29, 1.82) is 0 Å². The summed E-state index contributed by atoms with van der Waals surface area (Å²) in [6.07, 6.45) is 0. The van der Waals surface area contributed by atoms with E-state index in [1.54, 1.807) is 0 Å². The summed E-state index contributed by atoms with van der Waals surface area (Å²) in [5.74, 6) is 2.33. The van der Waals surface area contributed by atoms with Crippen LogP contribution in [-0.2, 0) is 0 Å². The van der Waals surface area contributed by atoms with Crippen molar-refractivity contribution in [3.8, 4) is 0 Å². The predicted octanol–water partition coefficient (Wildman–Crippen LogP) is 6.18. The minimum absolute atomic E-state index is 1.16. The molecule has 0 saturated heterocycles. The molecule has 0 nitrogen and oxygen atoms in total. The zero-order valence-corrected chi connectivity index (χ0v) is 13.9. The molecule has 0 aromatic rings. The Labute approximate surface area is 123 Å². The van der Waals surface area contributed by atoms with Crippen LogP contribution < -0.4 is 0 Å². The second-order valence-electron chi connectivity index (χ2n) is 2.73.